The van der Waals surface area contributed by atoms with E-state index in [1.807, 2.05) is 18.2 Å². The molecule has 1 aromatic carbocycles. The quantitative estimate of drug-likeness (QED) is 0.565. The molecule has 25 heavy (non-hydrogen) atoms. The number of piperidine rings is 1. The third kappa shape index (κ3) is 5.81. The Morgan fingerprint density at radius 2 is 1.84 bits per heavy atom. The first kappa shape index (κ1) is 18.4. The van der Waals surface area contributed by atoms with Crippen LogP contribution in [0, 0.1) is 5.92 Å². The van der Waals surface area contributed by atoms with E-state index >= 15 is 0 Å². The Morgan fingerprint density at radius 1 is 1.04 bits per heavy atom. The fraction of sp³-hybridized carbons (Fsp3) is 0.714. The van der Waals surface area contributed by atoms with Crippen LogP contribution in [-0.4, -0.2) is 37.9 Å². The number of ether oxygens (including phenoxy) is 3. The summed E-state index contributed by atoms with van der Waals surface area (Å²) in [7, 11) is 0. The van der Waals surface area contributed by atoms with E-state index in [2.05, 4.69) is 11.8 Å². The van der Waals surface area contributed by atoms with Gasteiger partial charge in [-0.2, -0.15) is 0 Å². The highest BCUT2D eigenvalue weighted by Gasteiger charge is 2.19. The standard InChI is InChI=1S/C21H33NO3/c1-2-3-4-5-6-12-22-13-9-18(10-14-22)11-15-23-19-7-8-20-21(16-19)25-17-24-20/h7-8,16,18H,2-6,9-15,17H2,1H3. The first-order chi connectivity index (χ1) is 12.3. The number of fused-ring (bicyclic) bond motifs is 1. The molecule has 140 valence electrons. The molecule has 3 rings (SSSR count). The Hall–Kier alpha value is -1.42. The van der Waals surface area contributed by atoms with Gasteiger partial charge in [0, 0.05) is 6.07 Å². The van der Waals surface area contributed by atoms with E-state index in [-0.39, 0.29) is 0 Å². The summed E-state index contributed by atoms with van der Waals surface area (Å²) >= 11 is 0. The Labute approximate surface area is 152 Å². The molecule has 2 heterocycles. The van der Waals surface area contributed by atoms with E-state index in [9.17, 15) is 0 Å². The maximum absolute atomic E-state index is 5.91. The van der Waals surface area contributed by atoms with Gasteiger partial charge in [0.2, 0.25) is 6.79 Å². The van der Waals surface area contributed by atoms with E-state index in [0.717, 1.165) is 36.2 Å². The molecule has 4 nitrogen and oxygen atoms in total. The summed E-state index contributed by atoms with van der Waals surface area (Å²) in [6.07, 6.45) is 10.7. The molecule has 0 unspecified atom stereocenters. The van der Waals surface area contributed by atoms with Crippen molar-refractivity contribution in [1.29, 1.82) is 0 Å². The number of hydrogen-bond acceptors (Lipinski definition) is 4. The Morgan fingerprint density at radius 3 is 2.68 bits per heavy atom. The zero-order valence-corrected chi connectivity index (χ0v) is 15.7. The molecule has 0 saturated carbocycles. The van der Waals surface area contributed by atoms with Gasteiger partial charge in [-0.1, -0.05) is 32.6 Å². The summed E-state index contributed by atoms with van der Waals surface area (Å²) in [6.45, 7) is 7.22. The lowest BCUT2D eigenvalue weighted by molar-refractivity contribution is 0.161. The highest BCUT2D eigenvalue weighted by Crippen LogP contribution is 2.35. The van der Waals surface area contributed by atoms with Gasteiger partial charge < -0.3 is 19.1 Å². The van der Waals surface area contributed by atoms with E-state index in [1.165, 1.54) is 64.6 Å². The number of unbranched alkanes of at least 4 members (excludes halogenated alkanes) is 4. The minimum absolute atomic E-state index is 0.315. The molecule has 2 aliphatic rings. The third-order valence-corrected chi connectivity index (χ3v) is 5.42. The van der Waals surface area contributed by atoms with Crippen molar-refractivity contribution in [3.05, 3.63) is 18.2 Å². The monoisotopic (exact) mass is 347 g/mol. The second kappa shape index (κ2) is 9.91. The fourth-order valence-electron chi connectivity index (χ4n) is 3.75. The molecule has 1 fully saturated rings. The topological polar surface area (TPSA) is 30.9 Å². The number of likely N-dealkylation sites (tertiary alicyclic amines) is 1. The van der Waals surface area contributed by atoms with Crippen molar-refractivity contribution in [2.24, 2.45) is 5.92 Å². The van der Waals surface area contributed by atoms with Gasteiger partial charge in [0.25, 0.3) is 0 Å². The van der Waals surface area contributed by atoms with Crippen molar-refractivity contribution in [3.63, 3.8) is 0 Å². The summed E-state index contributed by atoms with van der Waals surface area (Å²) < 4.78 is 16.6. The summed E-state index contributed by atoms with van der Waals surface area (Å²) in [5, 5.41) is 0. The third-order valence-electron chi connectivity index (χ3n) is 5.42. The lowest BCUT2D eigenvalue weighted by Crippen LogP contribution is -2.34. The molecule has 2 aliphatic heterocycles. The smallest absolute Gasteiger partial charge is 0.231 e. The zero-order valence-electron chi connectivity index (χ0n) is 15.7. The highest BCUT2D eigenvalue weighted by molar-refractivity contribution is 5.46. The van der Waals surface area contributed by atoms with E-state index in [4.69, 9.17) is 14.2 Å². The maximum atomic E-state index is 5.91. The van der Waals surface area contributed by atoms with Gasteiger partial charge in [-0.3, -0.25) is 0 Å². The minimum Gasteiger partial charge on any atom is -0.493 e. The van der Waals surface area contributed by atoms with Crippen LogP contribution in [0.25, 0.3) is 0 Å². The Kier molecular flexibility index (Phi) is 7.28. The second-order valence-electron chi connectivity index (χ2n) is 7.35. The van der Waals surface area contributed by atoms with Crippen LogP contribution < -0.4 is 14.2 Å². The lowest BCUT2D eigenvalue weighted by Gasteiger charge is -2.31. The van der Waals surface area contributed by atoms with Gasteiger partial charge >= 0.3 is 0 Å². The van der Waals surface area contributed by atoms with Crippen LogP contribution in [0.15, 0.2) is 18.2 Å². The Balaban J connectivity index is 1.27. The van der Waals surface area contributed by atoms with E-state index in [0.29, 0.717) is 6.79 Å². The minimum atomic E-state index is 0.315. The first-order valence-corrected chi connectivity index (χ1v) is 10.1. The van der Waals surface area contributed by atoms with Crippen LogP contribution >= 0.6 is 0 Å². The SMILES string of the molecule is CCCCCCCN1CCC(CCOc2ccc3c(c2)OCO3)CC1. The first-order valence-electron chi connectivity index (χ1n) is 10.1. The van der Waals surface area contributed by atoms with Gasteiger partial charge in [-0.25, -0.2) is 0 Å². The molecule has 0 atom stereocenters. The summed E-state index contributed by atoms with van der Waals surface area (Å²) in [4.78, 5) is 2.65. The molecule has 0 aromatic heterocycles. The Bertz CT molecular complexity index is 512. The number of benzene rings is 1. The van der Waals surface area contributed by atoms with Crippen molar-refractivity contribution in [2.75, 3.05) is 33.0 Å². The number of nitrogens with zero attached hydrogens (tertiary/aromatic N) is 1. The van der Waals surface area contributed by atoms with Crippen LogP contribution in [0.1, 0.15) is 58.3 Å². The van der Waals surface area contributed by atoms with Crippen LogP contribution in [-0.2, 0) is 0 Å². The van der Waals surface area contributed by atoms with Crippen molar-refractivity contribution >= 4 is 0 Å². The van der Waals surface area contributed by atoms with Gasteiger partial charge in [-0.15, -0.1) is 0 Å². The predicted octanol–water partition coefficient (Wildman–Crippen LogP) is 4.87. The fourth-order valence-corrected chi connectivity index (χ4v) is 3.75. The summed E-state index contributed by atoms with van der Waals surface area (Å²) in [6, 6.07) is 5.83. The van der Waals surface area contributed by atoms with E-state index in [1.54, 1.807) is 0 Å². The lowest BCUT2D eigenvalue weighted by atomic mass is 9.94. The summed E-state index contributed by atoms with van der Waals surface area (Å²) in [5.74, 6) is 3.30. The van der Waals surface area contributed by atoms with Crippen LogP contribution in [0.2, 0.25) is 0 Å². The molecule has 1 aromatic rings. The van der Waals surface area contributed by atoms with Gasteiger partial charge in [-0.05, 0) is 63.4 Å². The van der Waals surface area contributed by atoms with Crippen molar-refractivity contribution in [2.45, 2.75) is 58.3 Å². The molecule has 4 heteroatoms. The summed E-state index contributed by atoms with van der Waals surface area (Å²) in [5.41, 5.74) is 0. The van der Waals surface area contributed by atoms with Crippen LogP contribution in [0.3, 0.4) is 0 Å². The average molecular weight is 347 g/mol. The largest absolute Gasteiger partial charge is 0.493 e. The van der Waals surface area contributed by atoms with Crippen molar-refractivity contribution < 1.29 is 14.2 Å². The van der Waals surface area contributed by atoms with Crippen molar-refractivity contribution in [1.82, 2.24) is 4.90 Å². The molecule has 0 spiro atoms. The average Bonchev–Trinajstić information content (AvgIpc) is 3.11. The zero-order chi connectivity index (χ0) is 17.3. The molecule has 0 radical (unpaired) electrons. The molecular formula is C21H33NO3. The molecule has 0 amide bonds. The molecule has 1 saturated heterocycles. The van der Waals surface area contributed by atoms with Crippen LogP contribution in [0.4, 0.5) is 0 Å². The van der Waals surface area contributed by atoms with Gasteiger partial charge in [0.15, 0.2) is 11.5 Å². The highest BCUT2D eigenvalue weighted by atomic mass is 16.7. The molecular weight excluding hydrogens is 314 g/mol. The predicted molar refractivity (Wildman–Crippen MR) is 101 cm³/mol. The normalized spacial score (nSPS) is 17.8. The van der Waals surface area contributed by atoms with Crippen LogP contribution in [0.5, 0.6) is 17.2 Å². The molecule has 0 N–H and O–H groups in total. The van der Waals surface area contributed by atoms with Gasteiger partial charge in [0.05, 0.1) is 6.61 Å². The second-order valence-corrected chi connectivity index (χ2v) is 7.35. The molecule has 0 aliphatic carbocycles. The molecule has 0 bridgehead atoms. The van der Waals surface area contributed by atoms with E-state index < -0.39 is 0 Å². The maximum Gasteiger partial charge on any atom is 0.231 e. The van der Waals surface area contributed by atoms with Crippen molar-refractivity contribution in [3.8, 4) is 17.2 Å². The number of hydrogen-bond donors (Lipinski definition) is 0. The number of rotatable bonds is 10. The van der Waals surface area contributed by atoms with Gasteiger partial charge in [0.1, 0.15) is 5.75 Å².